The minimum absolute atomic E-state index is 0.955. The molecule has 1 aromatic heterocycles. The highest BCUT2D eigenvalue weighted by Gasteiger charge is 2.16. The van der Waals surface area contributed by atoms with Gasteiger partial charge in [0.15, 0.2) is 0 Å². The van der Waals surface area contributed by atoms with Gasteiger partial charge in [-0.15, -0.1) is 0 Å². The number of hydrogen-bond donors (Lipinski definition) is 0. The van der Waals surface area contributed by atoms with Crippen LogP contribution in [0.15, 0.2) is 139 Å². The zero-order valence-corrected chi connectivity index (χ0v) is 19.3. The van der Waals surface area contributed by atoms with Crippen LogP contribution >= 0.6 is 0 Å². The Kier molecular flexibility index (Phi) is 4.56. The maximum Gasteiger partial charge on any atom is 0.0541 e. The third-order valence-electron chi connectivity index (χ3n) is 7.06. The average Bonchev–Trinajstić information content (AvgIpc) is 3.27. The summed E-state index contributed by atoms with van der Waals surface area (Å²) in [6, 6.07) is 35.2. The lowest BCUT2D eigenvalue weighted by atomic mass is 9.94. The van der Waals surface area contributed by atoms with Crippen LogP contribution < -0.4 is 0 Å². The average molecular weight is 449 g/mol. The second-order valence-electron chi connectivity index (χ2n) is 9.05. The SMILES string of the molecule is C1=CC2=C(c3ccc(-c4ccc(-n5c6ccccc6c6ccccc65)cc4)cc3)CC=CN2C=C1. The summed E-state index contributed by atoms with van der Waals surface area (Å²) in [6.07, 6.45) is 13.8. The van der Waals surface area contributed by atoms with E-state index in [0.29, 0.717) is 0 Å². The minimum Gasteiger partial charge on any atom is -0.324 e. The predicted octanol–water partition coefficient (Wildman–Crippen LogP) is 8.46. The molecule has 0 saturated heterocycles. The standard InChI is InChI=1S/C33H24N2/c1-3-12-32-29(8-1)30-9-2-4-13-33(30)35(32)27-20-18-25(19-21-27)24-14-16-26(17-15-24)28-10-7-23-34-22-6-5-11-31(28)34/h1-9,11-23H,10H2. The van der Waals surface area contributed by atoms with E-state index in [1.165, 1.54) is 55.5 Å². The highest BCUT2D eigenvalue weighted by atomic mass is 15.1. The van der Waals surface area contributed by atoms with Crippen LogP contribution in [0.25, 0.3) is 44.2 Å². The molecule has 0 unspecified atom stereocenters. The van der Waals surface area contributed by atoms with Gasteiger partial charge in [0.05, 0.1) is 11.0 Å². The summed E-state index contributed by atoms with van der Waals surface area (Å²) < 4.78 is 2.36. The highest BCUT2D eigenvalue weighted by molar-refractivity contribution is 6.09. The van der Waals surface area contributed by atoms with Crippen LogP contribution in [-0.4, -0.2) is 9.47 Å². The van der Waals surface area contributed by atoms with Crippen molar-refractivity contribution in [3.63, 3.8) is 0 Å². The number of nitrogens with zero attached hydrogens (tertiary/aromatic N) is 2. The number of hydrogen-bond acceptors (Lipinski definition) is 1. The van der Waals surface area contributed by atoms with Gasteiger partial charge in [0.2, 0.25) is 0 Å². The third-order valence-corrected chi connectivity index (χ3v) is 7.06. The molecule has 0 radical (unpaired) electrons. The van der Waals surface area contributed by atoms with Crippen molar-refractivity contribution in [2.24, 2.45) is 0 Å². The Hall–Kier alpha value is -4.56. The first kappa shape index (κ1) is 19.9. The Balaban J connectivity index is 1.24. The predicted molar refractivity (Wildman–Crippen MR) is 147 cm³/mol. The number of aromatic nitrogens is 1. The number of benzene rings is 4. The minimum atomic E-state index is 0.955. The molecule has 0 spiro atoms. The molecule has 3 heterocycles. The second-order valence-corrected chi connectivity index (χ2v) is 9.05. The molecule has 5 aromatic rings. The molecular formula is C33H24N2. The summed E-state index contributed by atoms with van der Waals surface area (Å²) in [5, 5.41) is 2.58. The second kappa shape index (κ2) is 8.03. The van der Waals surface area contributed by atoms with Gasteiger partial charge < -0.3 is 9.47 Å². The van der Waals surface area contributed by atoms with Gasteiger partial charge in [-0.1, -0.05) is 84.9 Å². The van der Waals surface area contributed by atoms with Crippen LogP contribution in [0.2, 0.25) is 0 Å². The largest absolute Gasteiger partial charge is 0.324 e. The molecule has 2 aliphatic heterocycles. The van der Waals surface area contributed by atoms with E-state index in [9.17, 15) is 0 Å². The van der Waals surface area contributed by atoms with E-state index in [1.807, 2.05) is 0 Å². The van der Waals surface area contributed by atoms with Gasteiger partial charge in [-0.05, 0) is 65.1 Å². The van der Waals surface area contributed by atoms with E-state index in [1.54, 1.807) is 0 Å². The van der Waals surface area contributed by atoms with E-state index in [2.05, 4.69) is 143 Å². The summed E-state index contributed by atoms with van der Waals surface area (Å²) in [6.45, 7) is 0. The van der Waals surface area contributed by atoms with E-state index < -0.39 is 0 Å². The van der Waals surface area contributed by atoms with Crippen LogP contribution in [0.3, 0.4) is 0 Å². The Morgan fingerprint density at radius 1 is 0.543 bits per heavy atom. The molecule has 35 heavy (non-hydrogen) atoms. The van der Waals surface area contributed by atoms with Crippen molar-refractivity contribution in [3.05, 3.63) is 145 Å². The van der Waals surface area contributed by atoms with Crippen LogP contribution in [-0.2, 0) is 0 Å². The maximum absolute atomic E-state index is 2.36. The van der Waals surface area contributed by atoms with Crippen LogP contribution in [0.1, 0.15) is 12.0 Å². The third kappa shape index (κ3) is 3.26. The molecule has 0 atom stereocenters. The zero-order chi connectivity index (χ0) is 23.2. The molecule has 2 nitrogen and oxygen atoms in total. The van der Waals surface area contributed by atoms with Crippen molar-refractivity contribution in [1.82, 2.24) is 9.47 Å². The molecule has 7 rings (SSSR count). The smallest absolute Gasteiger partial charge is 0.0541 e. The molecular weight excluding hydrogens is 424 g/mol. The molecule has 0 saturated carbocycles. The van der Waals surface area contributed by atoms with E-state index >= 15 is 0 Å². The lowest BCUT2D eigenvalue weighted by Gasteiger charge is -2.26. The first-order valence-electron chi connectivity index (χ1n) is 12.1. The quantitative estimate of drug-likeness (QED) is 0.269. The maximum atomic E-state index is 2.36. The molecule has 0 N–H and O–H groups in total. The molecule has 0 fully saturated rings. The molecule has 166 valence electrons. The Labute approximate surface area is 205 Å². The lowest BCUT2D eigenvalue weighted by molar-refractivity contribution is 0.635. The Bertz CT molecular complexity index is 1640. The monoisotopic (exact) mass is 448 g/mol. The molecule has 0 bridgehead atoms. The van der Waals surface area contributed by atoms with Gasteiger partial charge >= 0.3 is 0 Å². The van der Waals surface area contributed by atoms with Gasteiger partial charge in [-0.25, -0.2) is 0 Å². The van der Waals surface area contributed by atoms with E-state index in [4.69, 9.17) is 0 Å². The fourth-order valence-corrected chi connectivity index (χ4v) is 5.36. The number of fused-ring (bicyclic) bond motifs is 4. The summed E-state index contributed by atoms with van der Waals surface area (Å²) in [4.78, 5) is 2.19. The van der Waals surface area contributed by atoms with Crippen LogP contribution in [0.4, 0.5) is 0 Å². The fourth-order valence-electron chi connectivity index (χ4n) is 5.36. The molecule has 4 aromatic carbocycles. The number of allylic oxidation sites excluding steroid dienone is 5. The topological polar surface area (TPSA) is 8.17 Å². The highest BCUT2D eigenvalue weighted by Crippen LogP contribution is 2.34. The molecule has 2 aliphatic rings. The molecule has 2 heteroatoms. The summed E-state index contributed by atoms with van der Waals surface area (Å²) in [5.74, 6) is 0. The number of rotatable bonds is 3. The zero-order valence-electron chi connectivity index (χ0n) is 19.3. The normalized spacial score (nSPS) is 14.8. The van der Waals surface area contributed by atoms with Crippen molar-refractivity contribution in [1.29, 1.82) is 0 Å². The lowest BCUT2D eigenvalue weighted by Crippen LogP contribution is -2.14. The Morgan fingerprint density at radius 2 is 1.14 bits per heavy atom. The van der Waals surface area contributed by atoms with Gasteiger partial charge in [-0.2, -0.15) is 0 Å². The first-order chi connectivity index (χ1) is 17.4. The molecule has 0 aliphatic carbocycles. The van der Waals surface area contributed by atoms with Gasteiger partial charge in [0, 0.05) is 34.6 Å². The van der Waals surface area contributed by atoms with Gasteiger partial charge in [-0.3, -0.25) is 0 Å². The van der Waals surface area contributed by atoms with Crippen molar-refractivity contribution in [2.75, 3.05) is 0 Å². The summed E-state index contributed by atoms with van der Waals surface area (Å²) in [7, 11) is 0. The van der Waals surface area contributed by atoms with Crippen molar-refractivity contribution < 1.29 is 0 Å². The van der Waals surface area contributed by atoms with Crippen LogP contribution in [0.5, 0.6) is 0 Å². The van der Waals surface area contributed by atoms with E-state index in [0.717, 1.165) is 6.42 Å². The van der Waals surface area contributed by atoms with Gasteiger partial charge in [0.25, 0.3) is 0 Å². The molecule has 0 amide bonds. The Morgan fingerprint density at radius 3 is 1.83 bits per heavy atom. The fraction of sp³-hybridized carbons (Fsp3) is 0.0303. The first-order valence-corrected chi connectivity index (χ1v) is 12.1. The summed E-state index contributed by atoms with van der Waals surface area (Å²) >= 11 is 0. The summed E-state index contributed by atoms with van der Waals surface area (Å²) in [5.41, 5.74) is 10.0. The van der Waals surface area contributed by atoms with Crippen LogP contribution in [0, 0.1) is 0 Å². The number of para-hydroxylation sites is 2. The van der Waals surface area contributed by atoms with Crippen molar-refractivity contribution in [2.45, 2.75) is 6.42 Å². The van der Waals surface area contributed by atoms with E-state index in [-0.39, 0.29) is 0 Å². The van der Waals surface area contributed by atoms with Crippen molar-refractivity contribution in [3.8, 4) is 16.8 Å². The van der Waals surface area contributed by atoms with Gasteiger partial charge in [0.1, 0.15) is 0 Å². The van der Waals surface area contributed by atoms with Crippen molar-refractivity contribution >= 4 is 27.4 Å².